The highest BCUT2D eigenvalue weighted by Crippen LogP contribution is 2.35. The lowest BCUT2D eigenvalue weighted by Crippen LogP contribution is -2.60. The van der Waals surface area contributed by atoms with E-state index in [4.69, 9.17) is 28.4 Å². The van der Waals surface area contributed by atoms with E-state index in [1.54, 1.807) is 18.9 Å². The third kappa shape index (κ3) is 9.41. The molecule has 1 saturated heterocycles. The number of rotatable bonds is 16. The van der Waals surface area contributed by atoms with Crippen molar-refractivity contribution < 1.29 is 28.4 Å². The summed E-state index contributed by atoms with van der Waals surface area (Å²) in [5, 5.41) is 0. The molecule has 0 radical (unpaired) electrons. The average molecular weight is 615 g/mol. The van der Waals surface area contributed by atoms with Gasteiger partial charge in [0.15, 0.2) is 0 Å². The maximum atomic E-state index is 6.77. The van der Waals surface area contributed by atoms with Gasteiger partial charge in [0.2, 0.25) is 0 Å². The van der Waals surface area contributed by atoms with E-state index < -0.39 is 12.2 Å². The highest BCUT2D eigenvalue weighted by atomic mass is 32.2. The standard InChI is InChI=1S/C37H42O6S/c1-3-44-37-36(42-25-30-17-11-6-12-18-30)35(41-24-29-15-9-5-10-16-29)34(40-26-31-19-21-32(38-2)22-20-31)33(43-37)27-39-23-28-13-7-4-8-14-28/h4-22,33-37H,3,23-27H2,1-2H3/t33-,34-,35+,36-,37+/m1/s1. The van der Waals surface area contributed by atoms with Crippen LogP contribution in [0.1, 0.15) is 29.2 Å². The Kier molecular flexibility index (Phi) is 12.7. The van der Waals surface area contributed by atoms with Crippen LogP contribution in [0.4, 0.5) is 0 Å². The third-order valence-electron chi connectivity index (χ3n) is 7.49. The van der Waals surface area contributed by atoms with Crippen LogP contribution < -0.4 is 4.74 Å². The summed E-state index contributed by atoms with van der Waals surface area (Å²) in [4.78, 5) is 0. The summed E-state index contributed by atoms with van der Waals surface area (Å²) in [6.07, 6.45) is -1.57. The molecule has 4 aromatic carbocycles. The van der Waals surface area contributed by atoms with Crippen LogP contribution >= 0.6 is 11.8 Å². The lowest BCUT2D eigenvalue weighted by Gasteiger charge is -2.46. The molecular weight excluding hydrogens is 572 g/mol. The Morgan fingerprint density at radius 1 is 0.568 bits per heavy atom. The largest absolute Gasteiger partial charge is 0.497 e. The van der Waals surface area contributed by atoms with Gasteiger partial charge in [0.05, 0.1) is 40.1 Å². The topological polar surface area (TPSA) is 55.4 Å². The molecule has 44 heavy (non-hydrogen) atoms. The van der Waals surface area contributed by atoms with Gasteiger partial charge in [-0.05, 0) is 40.1 Å². The van der Waals surface area contributed by atoms with Crippen molar-refractivity contribution in [1.82, 2.24) is 0 Å². The molecule has 4 aromatic rings. The second kappa shape index (κ2) is 17.4. The highest BCUT2D eigenvalue weighted by molar-refractivity contribution is 7.99. The molecule has 0 aliphatic carbocycles. The van der Waals surface area contributed by atoms with Gasteiger partial charge in [0.25, 0.3) is 0 Å². The van der Waals surface area contributed by atoms with E-state index in [0.717, 1.165) is 33.8 Å². The van der Waals surface area contributed by atoms with E-state index >= 15 is 0 Å². The van der Waals surface area contributed by atoms with Crippen molar-refractivity contribution in [2.24, 2.45) is 0 Å². The molecule has 1 aliphatic heterocycles. The predicted octanol–water partition coefficient (Wildman–Crippen LogP) is 7.45. The van der Waals surface area contributed by atoms with E-state index in [1.165, 1.54) is 0 Å². The summed E-state index contributed by atoms with van der Waals surface area (Å²) in [5.74, 6) is 1.68. The van der Waals surface area contributed by atoms with Gasteiger partial charge in [0.1, 0.15) is 35.6 Å². The number of hydrogen-bond donors (Lipinski definition) is 0. The molecule has 1 aliphatic rings. The average Bonchev–Trinajstić information content (AvgIpc) is 3.08. The van der Waals surface area contributed by atoms with Crippen LogP contribution in [0.3, 0.4) is 0 Å². The third-order valence-corrected chi connectivity index (χ3v) is 8.53. The Morgan fingerprint density at radius 2 is 1.05 bits per heavy atom. The van der Waals surface area contributed by atoms with Crippen molar-refractivity contribution in [3.63, 3.8) is 0 Å². The van der Waals surface area contributed by atoms with Crippen molar-refractivity contribution in [1.29, 1.82) is 0 Å². The number of ether oxygens (including phenoxy) is 6. The Morgan fingerprint density at radius 3 is 1.57 bits per heavy atom. The van der Waals surface area contributed by atoms with Crippen LogP contribution in [0.25, 0.3) is 0 Å². The number of benzene rings is 4. The molecular formula is C37H42O6S. The van der Waals surface area contributed by atoms with E-state index in [9.17, 15) is 0 Å². The highest BCUT2D eigenvalue weighted by Gasteiger charge is 2.48. The first-order valence-electron chi connectivity index (χ1n) is 15.2. The minimum absolute atomic E-state index is 0.254. The van der Waals surface area contributed by atoms with Gasteiger partial charge in [0, 0.05) is 0 Å². The summed E-state index contributed by atoms with van der Waals surface area (Å²) >= 11 is 1.72. The monoisotopic (exact) mass is 614 g/mol. The molecule has 0 saturated carbocycles. The number of thioether (sulfide) groups is 1. The van der Waals surface area contributed by atoms with E-state index in [-0.39, 0.29) is 17.6 Å². The van der Waals surface area contributed by atoms with Gasteiger partial charge < -0.3 is 28.4 Å². The van der Waals surface area contributed by atoms with Gasteiger partial charge in [-0.25, -0.2) is 0 Å². The summed E-state index contributed by atoms with van der Waals surface area (Å²) in [6, 6.07) is 38.5. The molecule has 5 atom stereocenters. The van der Waals surface area contributed by atoms with E-state index in [1.807, 2.05) is 78.9 Å². The zero-order valence-electron chi connectivity index (χ0n) is 25.5. The zero-order chi connectivity index (χ0) is 30.4. The lowest BCUT2D eigenvalue weighted by molar-refractivity contribution is -0.254. The molecule has 1 heterocycles. The summed E-state index contributed by atoms with van der Waals surface area (Å²) in [5.41, 5.74) is 4.07. The van der Waals surface area contributed by atoms with E-state index in [2.05, 4.69) is 43.3 Å². The first-order valence-corrected chi connectivity index (χ1v) is 16.2. The maximum absolute atomic E-state index is 6.77. The quantitative estimate of drug-likeness (QED) is 0.130. The zero-order valence-corrected chi connectivity index (χ0v) is 26.3. The van der Waals surface area contributed by atoms with Crippen molar-refractivity contribution in [3.05, 3.63) is 138 Å². The first-order chi connectivity index (χ1) is 21.7. The molecule has 0 bridgehead atoms. The Hall–Kier alpha value is -3.17. The number of methoxy groups -OCH3 is 1. The normalized spacial score (nSPS) is 21.6. The lowest BCUT2D eigenvalue weighted by atomic mass is 9.98. The van der Waals surface area contributed by atoms with Crippen LogP contribution in [0.2, 0.25) is 0 Å². The SMILES string of the molecule is CCS[C@@H]1O[C@H](COCc2ccccc2)[C@@H](OCc2ccc(OC)cc2)[C@H](OCc2ccccc2)[C@H]1OCc1ccccc1. The molecule has 232 valence electrons. The van der Waals surface area contributed by atoms with Gasteiger partial charge in [-0.2, -0.15) is 0 Å². The minimum Gasteiger partial charge on any atom is -0.497 e. The summed E-state index contributed by atoms with van der Waals surface area (Å²) in [7, 11) is 1.67. The fraction of sp³-hybridized carbons (Fsp3) is 0.351. The molecule has 0 amide bonds. The smallest absolute Gasteiger partial charge is 0.132 e. The molecule has 6 nitrogen and oxygen atoms in total. The summed E-state index contributed by atoms with van der Waals surface area (Å²) < 4.78 is 38.5. The minimum atomic E-state index is -0.439. The van der Waals surface area contributed by atoms with E-state index in [0.29, 0.717) is 33.0 Å². The van der Waals surface area contributed by atoms with Gasteiger partial charge in [-0.1, -0.05) is 110 Å². The molecule has 0 spiro atoms. The van der Waals surface area contributed by atoms with Crippen LogP contribution in [0.15, 0.2) is 115 Å². The van der Waals surface area contributed by atoms with Gasteiger partial charge in [-0.3, -0.25) is 0 Å². The second-order valence-electron chi connectivity index (χ2n) is 10.6. The maximum Gasteiger partial charge on any atom is 0.132 e. The molecule has 0 unspecified atom stereocenters. The second-order valence-corrected chi connectivity index (χ2v) is 12.0. The molecule has 1 fully saturated rings. The van der Waals surface area contributed by atoms with Crippen LogP contribution in [0.5, 0.6) is 5.75 Å². The Labute approximate surface area is 265 Å². The molecule has 5 rings (SSSR count). The van der Waals surface area contributed by atoms with Crippen LogP contribution in [-0.2, 0) is 50.1 Å². The number of hydrogen-bond acceptors (Lipinski definition) is 7. The first kappa shape index (κ1) is 32.2. The van der Waals surface area contributed by atoms with Gasteiger partial charge >= 0.3 is 0 Å². The fourth-order valence-corrected chi connectivity index (χ4v) is 6.17. The Balaban J connectivity index is 1.40. The Bertz CT molecular complexity index is 1340. The van der Waals surface area contributed by atoms with Crippen LogP contribution in [-0.4, -0.2) is 49.3 Å². The molecule has 0 aromatic heterocycles. The van der Waals surface area contributed by atoms with Crippen molar-refractivity contribution in [3.8, 4) is 5.75 Å². The molecule has 0 N–H and O–H groups in total. The van der Waals surface area contributed by atoms with Gasteiger partial charge in [-0.15, -0.1) is 11.8 Å². The predicted molar refractivity (Wildman–Crippen MR) is 174 cm³/mol. The summed E-state index contributed by atoms with van der Waals surface area (Å²) in [6.45, 7) is 4.24. The fourth-order valence-electron chi connectivity index (χ4n) is 5.19. The van der Waals surface area contributed by atoms with Crippen LogP contribution in [0, 0.1) is 0 Å². The van der Waals surface area contributed by atoms with Crippen molar-refractivity contribution in [2.75, 3.05) is 19.5 Å². The van der Waals surface area contributed by atoms with Crippen molar-refractivity contribution >= 4 is 11.8 Å². The van der Waals surface area contributed by atoms with Crippen molar-refractivity contribution in [2.45, 2.75) is 63.2 Å². The molecule has 7 heteroatoms.